The van der Waals surface area contributed by atoms with Crippen molar-refractivity contribution in [1.82, 2.24) is 29.4 Å². The maximum Gasteiger partial charge on any atom is 0.197 e. The van der Waals surface area contributed by atoms with Gasteiger partial charge in [-0.1, -0.05) is 0 Å². The molecule has 6 heterocycles. The normalized spacial score (nSPS) is 28.7. The molecule has 0 radical (unpaired) electrons. The van der Waals surface area contributed by atoms with Crippen molar-refractivity contribution in [3.8, 4) is 11.8 Å². The Morgan fingerprint density at radius 3 is 0.575 bits per heavy atom. The molecule has 0 aliphatic carbocycles. The van der Waals surface area contributed by atoms with Crippen molar-refractivity contribution in [3.05, 3.63) is 0 Å². The lowest BCUT2D eigenvalue weighted by molar-refractivity contribution is -0.194. The van der Waals surface area contributed by atoms with E-state index in [1.807, 2.05) is 0 Å². The van der Waals surface area contributed by atoms with Crippen molar-refractivity contribution < 1.29 is 28.4 Å². The molecule has 6 aliphatic rings. The first-order valence-corrected chi connectivity index (χ1v) is 15.4. The second kappa shape index (κ2) is 14.0. The summed E-state index contributed by atoms with van der Waals surface area (Å²) in [6, 6.07) is 0. The standard InChI is InChI=1S/C28H48N6O6/c1(27(29-3-15-35-16-4-29,30-5-17-36-18-6-30)31-7-19-37-20-8-31)2-28(32-9-21-38-22-10-32,33-11-23-39-24-12-33)34-13-25-40-26-14-34/h3-26H2. The van der Waals surface area contributed by atoms with Crippen LogP contribution in [0.2, 0.25) is 0 Å². The Balaban J connectivity index is 1.49. The molecule has 0 aromatic rings. The average molecular weight is 565 g/mol. The molecule has 6 aliphatic heterocycles. The third kappa shape index (κ3) is 5.95. The topological polar surface area (TPSA) is 74.8 Å². The molecule has 226 valence electrons. The minimum Gasteiger partial charge on any atom is -0.379 e. The molecule has 6 saturated heterocycles. The molecule has 0 aromatic carbocycles. The second-order valence-corrected chi connectivity index (χ2v) is 11.1. The Hall–Kier alpha value is -0.920. The first kappa shape index (κ1) is 29.2. The molecule has 40 heavy (non-hydrogen) atoms. The van der Waals surface area contributed by atoms with Gasteiger partial charge in [-0.05, 0) is 11.8 Å². The highest BCUT2D eigenvalue weighted by Gasteiger charge is 2.51. The maximum atomic E-state index is 5.86. The van der Waals surface area contributed by atoms with E-state index in [1.165, 1.54) is 0 Å². The zero-order chi connectivity index (χ0) is 27.1. The van der Waals surface area contributed by atoms with Gasteiger partial charge in [-0.25, -0.2) is 0 Å². The summed E-state index contributed by atoms with van der Waals surface area (Å²) in [7, 11) is 0. The van der Waals surface area contributed by atoms with Crippen molar-refractivity contribution in [2.24, 2.45) is 0 Å². The number of nitrogens with zero attached hydrogens (tertiary/aromatic N) is 6. The van der Waals surface area contributed by atoms with Crippen molar-refractivity contribution >= 4 is 0 Å². The van der Waals surface area contributed by atoms with E-state index in [0.717, 1.165) is 158 Å². The fourth-order valence-electron chi connectivity index (χ4n) is 7.09. The van der Waals surface area contributed by atoms with Gasteiger partial charge in [0.1, 0.15) is 0 Å². The SMILES string of the molecule is C(#CC(N1CCOCC1)(N1CCOCC1)N1CCOCC1)C(N1CCOCC1)(N1CCOCC1)N1CCOCC1. The molecule has 0 saturated carbocycles. The predicted molar refractivity (Wildman–Crippen MR) is 148 cm³/mol. The van der Waals surface area contributed by atoms with Gasteiger partial charge >= 0.3 is 0 Å². The van der Waals surface area contributed by atoms with E-state index in [2.05, 4.69) is 41.2 Å². The smallest absolute Gasteiger partial charge is 0.197 e. The van der Waals surface area contributed by atoms with E-state index in [-0.39, 0.29) is 0 Å². The fraction of sp³-hybridized carbons (Fsp3) is 0.929. The lowest BCUT2D eigenvalue weighted by Crippen LogP contribution is -2.75. The maximum absolute atomic E-state index is 5.86. The van der Waals surface area contributed by atoms with Crippen molar-refractivity contribution in [2.45, 2.75) is 11.6 Å². The highest BCUT2D eigenvalue weighted by Crippen LogP contribution is 2.32. The Morgan fingerprint density at radius 1 is 0.275 bits per heavy atom. The average Bonchev–Trinajstić information content (AvgIpc) is 3.06. The van der Waals surface area contributed by atoms with Crippen molar-refractivity contribution in [1.29, 1.82) is 0 Å². The van der Waals surface area contributed by atoms with E-state index in [0.29, 0.717) is 0 Å². The zero-order valence-corrected chi connectivity index (χ0v) is 24.1. The van der Waals surface area contributed by atoms with Gasteiger partial charge in [0, 0.05) is 78.5 Å². The first-order valence-electron chi connectivity index (χ1n) is 15.4. The number of ether oxygens (including phenoxy) is 6. The van der Waals surface area contributed by atoms with Gasteiger partial charge in [0.05, 0.1) is 79.3 Å². The summed E-state index contributed by atoms with van der Waals surface area (Å²) < 4.78 is 35.1. The molecule has 0 unspecified atom stereocenters. The van der Waals surface area contributed by atoms with Crippen LogP contribution in [0.3, 0.4) is 0 Å². The molecule has 0 aromatic heterocycles. The van der Waals surface area contributed by atoms with E-state index in [4.69, 9.17) is 28.4 Å². The van der Waals surface area contributed by atoms with E-state index < -0.39 is 11.6 Å². The van der Waals surface area contributed by atoms with E-state index in [1.54, 1.807) is 0 Å². The van der Waals surface area contributed by atoms with E-state index >= 15 is 0 Å². The minimum absolute atomic E-state index is 0.562. The Morgan fingerprint density at radius 2 is 0.425 bits per heavy atom. The van der Waals surface area contributed by atoms with Gasteiger partial charge < -0.3 is 28.4 Å². The Kier molecular flexibility index (Phi) is 10.2. The van der Waals surface area contributed by atoms with Crippen LogP contribution in [-0.4, -0.2) is 199 Å². The molecule has 12 nitrogen and oxygen atoms in total. The van der Waals surface area contributed by atoms with Gasteiger partial charge in [0.25, 0.3) is 0 Å². The number of morpholine rings is 6. The molecular weight excluding hydrogens is 516 g/mol. The fourth-order valence-corrected chi connectivity index (χ4v) is 7.09. The largest absolute Gasteiger partial charge is 0.379 e. The molecule has 0 amide bonds. The van der Waals surface area contributed by atoms with Gasteiger partial charge in [-0.3, -0.25) is 29.4 Å². The number of rotatable bonds is 6. The summed E-state index contributed by atoms with van der Waals surface area (Å²) in [6.45, 7) is 18.9. The van der Waals surface area contributed by atoms with Gasteiger partial charge in [0.15, 0.2) is 11.6 Å². The lowest BCUT2D eigenvalue weighted by atomic mass is 10.1. The first-order chi connectivity index (χ1) is 19.8. The highest BCUT2D eigenvalue weighted by atomic mass is 16.5. The van der Waals surface area contributed by atoms with Crippen LogP contribution in [0.1, 0.15) is 0 Å². The molecule has 0 bridgehead atoms. The summed E-state index contributed by atoms with van der Waals surface area (Å²) in [6.07, 6.45) is 0. The highest BCUT2D eigenvalue weighted by molar-refractivity contribution is 5.26. The summed E-state index contributed by atoms with van der Waals surface area (Å²) in [4.78, 5) is 15.4. The minimum atomic E-state index is -0.562. The van der Waals surface area contributed by atoms with Crippen LogP contribution in [0, 0.1) is 11.8 Å². The summed E-state index contributed by atoms with van der Waals surface area (Å²) >= 11 is 0. The molecule has 0 atom stereocenters. The number of hydrogen-bond acceptors (Lipinski definition) is 12. The molecule has 0 spiro atoms. The van der Waals surface area contributed by atoms with Crippen LogP contribution in [0.5, 0.6) is 0 Å². The van der Waals surface area contributed by atoms with Crippen LogP contribution < -0.4 is 0 Å². The Labute approximate surface area is 239 Å². The van der Waals surface area contributed by atoms with Crippen molar-refractivity contribution in [3.63, 3.8) is 0 Å². The third-order valence-electron chi connectivity index (χ3n) is 9.11. The zero-order valence-electron chi connectivity index (χ0n) is 24.1. The van der Waals surface area contributed by atoms with E-state index in [9.17, 15) is 0 Å². The van der Waals surface area contributed by atoms with Crippen molar-refractivity contribution in [2.75, 3.05) is 158 Å². The number of hydrogen-bond donors (Lipinski definition) is 0. The van der Waals surface area contributed by atoms with Crippen LogP contribution in [-0.2, 0) is 28.4 Å². The van der Waals surface area contributed by atoms with Gasteiger partial charge in [-0.15, -0.1) is 0 Å². The summed E-state index contributed by atoms with van der Waals surface area (Å²) in [5, 5.41) is 0. The lowest BCUT2D eigenvalue weighted by Gasteiger charge is -2.57. The molecule has 12 heteroatoms. The third-order valence-corrected chi connectivity index (χ3v) is 9.11. The molecule has 6 fully saturated rings. The Bertz CT molecular complexity index is 679. The predicted octanol–water partition coefficient (Wildman–Crippen LogP) is -1.71. The van der Waals surface area contributed by atoms with Crippen LogP contribution in [0.4, 0.5) is 0 Å². The quantitative estimate of drug-likeness (QED) is 0.345. The van der Waals surface area contributed by atoms with Crippen LogP contribution in [0.25, 0.3) is 0 Å². The summed E-state index contributed by atoms with van der Waals surface area (Å²) in [5.41, 5.74) is 0. The monoisotopic (exact) mass is 564 g/mol. The summed E-state index contributed by atoms with van der Waals surface area (Å²) in [5.74, 6) is 7.05. The molecule has 6 rings (SSSR count). The van der Waals surface area contributed by atoms with Gasteiger partial charge in [0.2, 0.25) is 0 Å². The second-order valence-electron chi connectivity index (χ2n) is 11.1. The molecule has 0 N–H and O–H groups in total. The van der Waals surface area contributed by atoms with Crippen LogP contribution in [0.15, 0.2) is 0 Å². The van der Waals surface area contributed by atoms with Crippen LogP contribution >= 0.6 is 0 Å². The molecular formula is C28H48N6O6. The van der Waals surface area contributed by atoms with Gasteiger partial charge in [-0.2, -0.15) is 0 Å².